The summed E-state index contributed by atoms with van der Waals surface area (Å²) < 4.78 is 28.7. The number of nitrogens with zero attached hydrogens (tertiary/aromatic N) is 1. The second-order valence-corrected chi connectivity index (χ2v) is 6.36. The maximum atomic E-state index is 14.4. The molecule has 2 aliphatic rings. The fourth-order valence-electron chi connectivity index (χ4n) is 3.76. The lowest BCUT2D eigenvalue weighted by Crippen LogP contribution is -2.38. The molecule has 1 aromatic carbocycles. The molecule has 0 radical (unpaired) electrons. The minimum absolute atomic E-state index is 0.131. The monoisotopic (exact) mass is 294 g/mol. The molecule has 1 aliphatic heterocycles. The number of hydrogen-bond donors (Lipinski definition) is 1. The molecule has 1 saturated heterocycles. The van der Waals surface area contributed by atoms with Crippen molar-refractivity contribution in [3.05, 3.63) is 35.4 Å². The molecule has 2 fully saturated rings. The van der Waals surface area contributed by atoms with Gasteiger partial charge in [-0.3, -0.25) is 4.90 Å². The first-order chi connectivity index (χ1) is 10.2. The summed E-state index contributed by atoms with van der Waals surface area (Å²) >= 11 is 0. The largest absolute Gasteiger partial charge is 0.319 e. The highest BCUT2D eigenvalue weighted by atomic mass is 19.1. The second kappa shape index (κ2) is 6.41. The molecule has 2 unspecified atom stereocenters. The third-order valence-corrected chi connectivity index (χ3v) is 4.82. The van der Waals surface area contributed by atoms with Gasteiger partial charge in [0.15, 0.2) is 0 Å². The molecule has 2 nitrogen and oxygen atoms in total. The van der Waals surface area contributed by atoms with Crippen molar-refractivity contribution >= 4 is 0 Å². The summed E-state index contributed by atoms with van der Waals surface area (Å²) in [6.07, 6.45) is 5.63. The maximum absolute atomic E-state index is 14.4. The molecule has 0 aromatic heterocycles. The summed E-state index contributed by atoms with van der Waals surface area (Å²) in [6, 6.07) is 4.63. The van der Waals surface area contributed by atoms with Gasteiger partial charge in [-0.2, -0.15) is 0 Å². The van der Waals surface area contributed by atoms with Crippen LogP contribution in [0.2, 0.25) is 0 Å². The topological polar surface area (TPSA) is 15.3 Å². The van der Waals surface area contributed by atoms with E-state index in [0.717, 1.165) is 32.4 Å². The summed E-state index contributed by atoms with van der Waals surface area (Å²) in [4.78, 5) is 2.37. The first kappa shape index (κ1) is 14.9. The van der Waals surface area contributed by atoms with Gasteiger partial charge in [0.2, 0.25) is 0 Å². The summed E-state index contributed by atoms with van der Waals surface area (Å²) in [5.41, 5.74) is 0.284. The average molecular weight is 294 g/mol. The summed E-state index contributed by atoms with van der Waals surface area (Å²) in [6.45, 7) is 1.77. The van der Waals surface area contributed by atoms with Crippen LogP contribution in [0.3, 0.4) is 0 Å². The highest BCUT2D eigenvalue weighted by molar-refractivity contribution is 5.25. The molecule has 1 heterocycles. The van der Waals surface area contributed by atoms with Gasteiger partial charge >= 0.3 is 0 Å². The minimum atomic E-state index is -0.395. The zero-order chi connectivity index (χ0) is 14.8. The number of benzene rings is 1. The van der Waals surface area contributed by atoms with Crippen LogP contribution < -0.4 is 5.32 Å². The van der Waals surface area contributed by atoms with Crippen LogP contribution in [0.5, 0.6) is 0 Å². The Kier molecular flexibility index (Phi) is 4.55. The Bertz CT molecular complexity index is 467. The van der Waals surface area contributed by atoms with Gasteiger partial charge in [-0.1, -0.05) is 12.5 Å². The van der Waals surface area contributed by atoms with E-state index in [1.54, 1.807) is 0 Å². The molecule has 21 heavy (non-hydrogen) atoms. The van der Waals surface area contributed by atoms with Crippen LogP contribution in [-0.4, -0.2) is 31.1 Å². The molecular weight excluding hydrogens is 270 g/mol. The number of nitrogens with one attached hydrogen (secondary N) is 1. The molecule has 1 aromatic rings. The van der Waals surface area contributed by atoms with Gasteiger partial charge in [0.1, 0.15) is 11.6 Å². The van der Waals surface area contributed by atoms with Crippen molar-refractivity contribution in [1.82, 2.24) is 10.2 Å². The van der Waals surface area contributed by atoms with Crippen LogP contribution in [0, 0.1) is 17.6 Å². The Morgan fingerprint density at radius 3 is 2.48 bits per heavy atom. The van der Waals surface area contributed by atoms with Crippen molar-refractivity contribution in [3.8, 4) is 0 Å². The zero-order valence-corrected chi connectivity index (χ0v) is 12.6. The van der Waals surface area contributed by atoms with Crippen molar-refractivity contribution in [3.63, 3.8) is 0 Å². The van der Waals surface area contributed by atoms with E-state index in [4.69, 9.17) is 0 Å². The van der Waals surface area contributed by atoms with E-state index in [1.807, 2.05) is 7.05 Å². The first-order valence-corrected chi connectivity index (χ1v) is 8.06. The quantitative estimate of drug-likeness (QED) is 0.914. The van der Waals surface area contributed by atoms with E-state index in [-0.39, 0.29) is 17.5 Å². The van der Waals surface area contributed by atoms with E-state index >= 15 is 0 Å². The zero-order valence-electron chi connectivity index (χ0n) is 12.6. The Morgan fingerprint density at radius 1 is 1.14 bits per heavy atom. The van der Waals surface area contributed by atoms with Crippen LogP contribution >= 0.6 is 0 Å². The van der Waals surface area contributed by atoms with Crippen molar-refractivity contribution in [2.24, 2.45) is 5.92 Å². The van der Waals surface area contributed by atoms with Crippen LogP contribution in [0.1, 0.15) is 43.7 Å². The van der Waals surface area contributed by atoms with Crippen molar-refractivity contribution in [2.45, 2.75) is 44.2 Å². The maximum Gasteiger partial charge on any atom is 0.130 e. The van der Waals surface area contributed by atoms with Gasteiger partial charge in [-0.25, -0.2) is 8.78 Å². The summed E-state index contributed by atoms with van der Waals surface area (Å²) in [5.74, 6) is -0.521. The SMILES string of the molecule is CNCC1CCCCN(C2CC2)C1c1c(F)cccc1F. The van der Waals surface area contributed by atoms with E-state index in [2.05, 4.69) is 10.2 Å². The molecule has 2 atom stereocenters. The average Bonchev–Trinajstić information content (AvgIpc) is 3.27. The molecule has 0 amide bonds. The summed E-state index contributed by atoms with van der Waals surface area (Å²) in [7, 11) is 1.92. The molecule has 0 bridgehead atoms. The standard InChI is InChI=1S/C17H24F2N2/c1-20-11-12-5-2-3-10-21(13-8-9-13)17(12)16-14(18)6-4-7-15(16)19/h4,6-7,12-13,17,20H,2-3,5,8-11H2,1H3. The predicted molar refractivity (Wildman–Crippen MR) is 80.1 cm³/mol. The van der Waals surface area contributed by atoms with Crippen LogP contribution in [0.4, 0.5) is 8.78 Å². The van der Waals surface area contributed by atoms with Crippen LogP contribution in [0.15, 0.2) is 18.2 Å². The van der Waals surface area contributed by atoms with Crippen molar-refractivity contribution < 1.29 is 8.78 Å². The smallest absolute Gasteiger partial charge is 0.130 e. The second-order valence-electron chi connectivity index (χ2n) is 6.36. The molecule has 0 spiro atoms. The lowest BCUT2D eigenvalue weighted by molar-refractivity contribution is 0.138. The fourth-order valence-corrected chi connectivity index (χ4v) is 3.76. The van der Waals surface area contributed by atoms with Gasteiger partial charge in [-0.05, 0) is 63.9 Å². The van der Waals surface area contributed by atoms with Gasteiger partial charge in [-0.15, -0.1) is 0 Å². The molecular formula is C17H24F2N2. The molecule has 1 N–H and O–H groups in total. The Balaban J connectivity index is 2.01. The molecule has 1 saturated carbocycles. The van der Waals surface area contributed by atoms with Gasteiger partial charge in [0.25, 0.3) is 0 Å². The Hall–Kier alpha value is -1.00. The number of hydrogen-bond acceptors (Lipinski definition) is 2. The van der Waals surface area contributed by atoms with Crippen molar-refractivity contribution in [2.75, 3.05) is 20.1 Å². The Morgan fingerprint density at radius 2 is 1.86 bits per heavy atom. The lowest BCUT2D eigenvalue weighted by atomic mass is 9.88. The number of likely N-dealkylation sites (tertiary alicyclic amines) is 1. The molecule has 1 aliphatic carbocycles. The van der Waals surface area contributed by atoms with E-state index in [1.165, 1.54) is 31.0 Å². The third kappa shape index (κ3) is 3.11. The van der Waals surface area contributed by atoms with E-state index in [0.29, 0.717) is 6.04 Å². The molecule has 3 rings (SSSR count). The minimum Gasteiger partial charge on any atom is -0.319 e. The molecule has 4 heteroatoms. The van der Waals surface area contributed by atoms with Gasteiger partial charge < -0.3 is 5.32 Å². The van der Waals surface area contributed by atoms with Gasteiger partial charge in [0.05, 0.1) is 0 Å². The van der Waals surface area contributed by atoms with Gasteiger partial charge in [0, 0.05) is 17.6 Å². The van der Waals surface area contributed by atoms with E-state index < -0.39 is 11.6 Å². The highest BCUT2D eigenvalue weighted by Crippen LogP contribution is 2.43. The third-order valence-electron chi connectivity index (χ3n) is 4.82. The molecule has 116 valence electrons. The van der Waals surface area contributed by atoms with Crippen LogP contribution in [0.25, 0.3) is 0 Å². The Labute approximate surface area is 125 Å². The highest BCUT2D eigenvalue weighted by Gasteiger charge is 2.41. The fraction of sp³-hybridized carbons (Fsp3) is 0.647. The number of halogens is 2. The number of rotatable bonds is 4. The van der Waals surface area contributed by atoms with E-state index in [9.17, 15) is 8.78 Å². The normalized spacial score (nSPS) is 27.6. The lowest BCUT2D eigenvalue weighted by Gasteiger charge is -2.36. The first-order valence-electron chi connectivity index (χ1n) is 8.06. The summed E-state index contributed by atoms with van der Waals surface area (Å²) in [5, 5.41) is 3.21. The predicted octanol–water partition coefficient (Wildman–Crippen LogP) is 3.49. The van der Waals surface area contributed by atoms with Crippen molar-refractivity contribution in [1.29, 1.82) is 0 Å². The van der Waals surface area contributed by atoms with Crippen LogP contribution in [-0.2, 0) is 0 Å².